The maximum absolute atomic E-state index is 11.9. The summed E-state index contributed by atoms with van der Waals surface area (Å²) in [4.78, 5) is 11.9. The predicted octanol–water partition coefficient (Wildman–Crippen LogP) is 1.97. The topological polar surface area (TPSA) is 87.2 Å². The summed E-state index contributed by atoms with van der Waals surface area (Å²) in [5.41, 5.74) is 1.90. The first kappa shape index (κ1) is 16.0. The Morgan fingerprint density at radius 1 is 1.36 bits per heavy atom. The van der Waals surface area contributed by atoms with Crippen LogP contribution in [-0.2, 0) is 0 Å². The molecule has 0 unspecified atom stereocenters. The minimum Gasteiger partial charge on any atom is -0.491 e. The molecule has 1 aromatic carbocycles. The van der Waals surface area contributed by atoms with Crippen molar-refractivity contribution < 1.29 is 14.6 Å². The Bertz CT molecular complexity index is 620. The maximum Gasteiger partial charge on any atom is 0.254 e. The van der Waals surface area contributed by atoms with Gasteiger partial charge in [-0.25, -0.2) is 0 Å². The second kappa shape index (κ2) is 7.09. The van der Waals surface area contributed by atoms with E-state index in [0.29, 0.717) is 11.3 Å². The minimum absolute atomic E-state index is 0.105. The Morgan fingerprint density at radius 2 is 2.05 bits per heavy atom. The Labute approximate surface area is 129 Å². The number of carbonyl (C=O) groups is 1. The normalized spacial score (nSPS) is 12.2. The highest BCUT2D eigenvalue weighted by Gasteiger charge is 2.13. The summed E-state index contributed by atoms with van der Waals surface area (Å²) < 4.78 is 5.55. The first-order valence-corrected chi connectivity index (χ1v) is 7.20. The van der Waals surface area contributed by atoms with Crippen LogP contribution in [0.5, 0.6) is 5.75 Å². The van der Waals surface area contributed by atoms with Gasteiger partial charge in [0.15, 0.2) is 0 Å². The molecule has 0 aliphatic rings. The van der Waals surface area contributed by atoms with E-state index >= 15 is 0 Å². The third-order valence-electron chi connectivity index (χ3n) is 3.17. The number of carbonyl (C=O) groups excluding carboxylic acids is 1. The molecule has 0 radical (unpaired) electrons. The van der Waals surface area contributed by atoms with Crippen LogP contribution < -0.4 is 10.1 Å². The summed E-state index contributed by atoms with van der Waals surface area (Å²) in [6.07, 6.45) is 0.798. The number of nitrogens with zero attached hydrogens (tertiary/aromatic N) is 1. The molecule has 1 atom stereocenters. The smallest absolute Gasteiger partial charge is 0.254 e. The van der Waals surface area contributed by atoms with E-state index in [9.17, 15) is 9.90 Å². The van der Waals surface area contributed by atoms with E-state index in [4.69, 9.17) is 4.74 Å². The number of aryl methyl sites for hydroxylation is 1. The average molecular weight is 303 g/mol. The van der Waals surface area contributed by atoms with Gasteiger partial charge in [0.1, 0.15) is 5.75 Å². The summed E-state index contributed by atoms with van der Waals surface area (Å²) in [5, 5.41) is 19.3. The number of benzene rings is 1. The zero-order chi connectivity index (χ0) is 16.1. The Balaban J connectivity index is 1.90. The van der Waals surface area contributed by atoms with E-state index in [1.165, 1.54) is 6.20 Å². The third kappa shape index (κ3) is 4.08. The van der Waals surface area contributed by atoms with Gasteiger partial charge in [-0.3, -0.25) is 9.89 Å². The monoisotopic (exact) mass is 303 g/mol. The van der Waals surface area contributed by atoms with Gasteiger partial charge in [-0.15, -0.1) is 0 Å². The molecule has 1 amide bonds. The number of aromatic nitrogens is 2. The van der Waals surface area contributed by atoms with Crippen molar-refractivity contribution in [1.82, 2.24) is 15.5 Å². The third-order valence-corrected chi connectivity index (χ3v) is 3.17. The Morgan fingerprint density at radius 3 is 2.59 bits per heavy atom. The van der Waals surface area contributed by atoms with Crippen LogP contribution in [0.25, 0.3) is 0 Å². The molecule has 2 aromatic rings. The van der Waals surface area contributed by atoms with Crippen molar-refractivity contribution in [2.45, 2.75) is 33.0 Å². The van der Waals surface area contributed by atoms with Gasteiger partial charge in [0, 0.05) is 12.2 Å². The van der Waals surface area contributed by atoms with Gasteiger partial charge in [0.2, 0.25) is 0 Å². The molecule has 0 bridgehead atoms. The summed E-state index contributed by atoms with van der Waals surface area (Å²) >= 11 is 0. The number of ether oxygens (including phenoxy) is 1. The fraction of sp³-hybridized carbons (Fsp3) is 0.375. The average Bonchev–Trinajstić information content (AvgIpc) is 2.91. The Kier molecular flexibility index (Phi) is 5.16. The predicted molar refractivity (Wildman–Crippen MR) is 82.8 cm³/mol. The standard InChI is InChI=1S/C16H21N3O3/c1-10(2)22-13-6-4-12(5-7-13)15(20)9-17-16(21)14-8-18-19-11(14)3/h4-8,10,15,20H,9H2,1-3H3,(H,17,21)(H,18,19)/t15-/m0/s1. The van der Waals surface area contributed by atoms with E-state index in [1.54, 1.807) is 31.2 Å². The molecular weight excluding hydrogens is 282 g/mol. The van der Waals surface area contributed by atoms with E-state index in [-0.39, 0.29) is 18.6 Å². The fourth-order valence-electron chi connectivity index (χ4n) is 2.02. The molecule has 0 saturated heterocycles. The van der Waals surface area contributed by atoms with E-state index in [1.807, 2.05) is 13.8 Å². The molecule has 3 N–H and O–H groups in total. The van der Waals surface area contributed by atoms with Crippen molar-refractivity contribution in [3.8, 4) is 5.75 Å². The number of rotatable bonds is 6. The van der Waals surface area contributed by atoms with Gasteiger partial charge in [0.05, 0.1) is 24.0 Å². The highest BCUT2D eigenvalue weighted by Crippen LogP contribution is 2.18. The van der Waals surface area contributed by atoms with Gasteiger partial charge in [0.25, 0.3) is 5.91 Å². The zero-order valence-corrected chi connectivity index (χ0v) is 13.0. The van der Waals surface area contributed by atoms with Crippen molar-refractivity contribution in [3.05, 3.63) is 47.3 Å². The quantitative estimate of drug-likeness (QED) is 0.761. The minimum atomic E-state index is -0.774. The van der Waals surface area contributed by atoms with Gasteiger partial charge in [-0.1, -0.05) is 12.1 Å². The summed E-state index contributed by atoms with van der Waals surface area (Å²) in [7, 11) is 0. The molecular formula is C16H21N3O3. The van der Waals surface area contributed by atoms with Crippen molar-refractivity contribution >= 4 is 5.91 Å². The van der Waals surface area contributed by atoms with Crippen molar-refractivity contribution in [3.63, 3.8) is 0 Å². The number of nitrogens with one attached hydrogen (secondary N) is 2. The molecule has 1 heterocycles. The first-order chi connectivity index (χ1) is 10.5. The van der Waals surface area contributed by atoms with E-state index in [2.05, 4.69) is 15.5 Å². The summed E-state index contributed by atoms with van der Waals surface area (Å²) in [6.45, 7) is 5.81. The second-order valence-electron chi connectivity index (χ2n) is 5.37. The van der Waals surface area contributed by atoms with Crippen LogP contribution in [0, 0.1) is 6.92 Å². The summed E-state index contributed by atoms with van der Waals surface area (Å²) in [5.74, 6) is 0.495. The molecule has 0 aliphatic carbocycles. The molecule has 6 heteroatoms. The summed E-state index contributed by atoms with van der Waals surface area (Å²) in [6, 6.07) is 7.19. The van der Waals surface area contributed by atoms with Crippen molar-refractivity contribution in [2.24, 2.45) is 0 Å². The highest BCUT2D eigenvalue weighted by atomic mass is 16.5. The number of amides is 1. The van der Waals surface area contributed by atoms with Gasteiger partial charge in [-0.2, -0.15) is 5.10 Å². The molecule has 22 heavy (non-hydrogen) atoms. The van der Waals surface area contributed by atoms with Crippen molar-refractivity contribution in [2.75, 3.05) is 6.54 Å². The van der Waals surface area contributed by atoms with Gasteiger partial charge >= 0.3 is 0 Å². The van der Waals surface area contributed by atoms with Crippen LogP contribution in [0.4, 0.5) is 0 Å². The molecule has 2 rings (SSSR count). The van der Waals surface area contributed by atoms with Crippen LogP contribution >= 0.6 is 0 Å². The van der Waals surface area contributed by atoms with Crippen LogP contribution in [0.3, 0.4) is 0 Å². The zero-order valence-electron chi connectivity index (χ0n) is 13.0. The highest BCUT2D eigenvalue weighted by molar-refractivity contribution is 5.94. The van der Waals surface area contributed by atoms with Gasteiger partial charge < -0.3 is 15.2 Å². The molecule has 0 spiro atoms. The molecule has 118 valence electrons. The van der Waals surface area contributed by atoms with Crippen molar-refractivity contribution in [1.29, 1.82) is 0 Å². The molecule has 1 aromatic heterocycles. The van der Waals surface area contributed by atoms with E-state index < -0.39 is 6.10 Å². The lowest BCUT2D eigenvalue weighted by Crippen LogP contribution is -2.28. The van der Waals surface area contributed by atoms with Crippen LogP contribution in [0.2, 0.25) is 0 Å². The lowest BCUT2D eigenvalue weighted by Gasteiger charge is -2.14. The SMILES string of the molecule is Cc1[nH]ncc1C(=O)NC[C@H](O)c1ccc(OC(C)C)cc1. The largest absolute Gasteiger partial charge is 0.491 e. The van der Waals surface area contributed by atoms with E-state index in [0.717, 1.165) is 11.3 Å². The van der Waals surface area contributed by atoms with Crippen LogP contribution in [-0.4, -0.2) is 33.9 Å². The lowest BCUT2D eigenvalue weighted by atomic mass is 10.1. The number of aromatic amines is 1. The molecule has 0 aliphatic heterocycles. The number of H-pyrrole nitrogens is 1. The molecule has 0 fully saturated rings. The maximum atomic E-state index is 11.9. The molecule has 6 nitrogen and oxygen atoms in total. The second-order valence-corrected chi connectivity index (χ2v) is 5.37. The van der Waals surface area contributed by atoms with Crippen LogP contribution in [0.1, 0.15) is 41.6 Å². The number of aliphatic hydroxyl groups is 1. The van der Waals surface area contributed by atoms with Gasteiger partial charge in [-0.05, 0) is 38.5 Å². The lowest BCUT2D eigenvalue weighted by molar-refractivity contribution is 0.0915. The number of hydrogen-bond acceptors (Lipinski definition) is 4. The number of aliphatic hydroxyl groups excluding tert-OH is 1. The van der Waals surface area contributed by atoms with Crippen LogP contribution in [0.15, 0.2) is 30.5 Å². The molecule has 0 saturated carbocycles. The Hall–Kier alpha value is -2.34. The first-order valence-electron chi connectivity index (χ1n) is 7.20. The fourth-order valence-corrected chi connectivity index (χ4v) is 2.02. The number of hydrogen-bond donors (Lipinski definition) is 3.